The molecule has 2 aromatic heterocycles. The average Bonchev–Trinajstić information content (AvgIpc) is 3.39. The van der Waals surface area contributed by atoms with Crippen molar-refractivity contribution < 1.29 is 14.1 Å². The third kappa shape index (κ3) is 5.91. The molecule has 180 valence electrons. The zero-order valence-electron chi connectivity index (χ0n) is 19.8. The largest absolute Gasteiger partial charge is 0.490 e. The van der Waals surface area contributed by atoms with Crippen LogP contribution in [-0.4, -0.2) is 70.3 Å². The highest BCUT2D eigenvalue weighted by atomic mass is 16.5. The molecular weight excluding hydrogens is 432 g/mol. The highest BCUT2D eigenvalue weighted by molar-refractivity contribution is 5.91. The highest BCUT2D eigenvalue weighted by Gasteiger charge is 2.28. The van der Waals surface area contributed by atoms with Crippen molar-refractivity contribution in [3.63, 3.8) is 0 Å². The first-order chi connectivity index (χ1) is 16.7. The van der Waals surface area contributed by atoms with Crippen molar-refractivity contribution in [2.75, 3.05) is 44.6 Å². The quantitative estimate of drug-likeness (QED) is 0.505. The number of piperidine rings is 1. The van der Waals surface area contributed by atoms with E-state index in [2.05, 4.69) is 39.2 Å². The Morgan fingerprint density at radius 3 is 2.65 bits per heavy atom. The third-order valence-electron chi connectivity index (χ3n) is 6.16. The van der Waals surface area contributed by atoms with E-state index >= 15 is 0 Å². The molecule has 1 aliphatic rings. The van der Waals surface area contributed by atoms with Crippen LogP contribution >= 0.6 is 0 Å². The van der Waals surface area contributed by atoms with Crippen LogP contribution in [0.15, 0.2) is 53.2 Å². The molecule has 0 saturated carbocycles. The topological polar surface area (TPSA) is 96.6 Å². The SMILES string of the molecule is CCN(CC)CCOc1ccccc1NC(=O)N1CCC(c2nc(-c3ccccn3)no2)CC1. The number of hydrogen-bond donors (Lipinski definition) is 1. The number of urea groups is 1. The lowest BCUT2D eigenvalue weighted by molar-refractivity contribution is 0.187. The van der Waals surface area contributed by atoms with Gasteiger partial charge in [-0.15, -0.1) is 0 Å². The zero-order valence-corrected chi connectivity index (χ0v) is 19.8. The van der Waals surface area contributed by atoms with Gasteiger partial charge in [0.15, 0.2) is 0 Å². The maximum Gasteiger partial charge on any atom is 0.321 e. The highest BCUT2D eigenvalue weighted by Crippen LogP contribution is 2.29. The molecule has 2 amide bonds. The predicted molar refractivity (Wildman–Crippen MR) is 130 cm³/mol. The van der Waals surface area contributed by atoms with E-state index in [1.165, 1.54) is 0 Å². The van der Waals surface area contributed by atoms with E-state index in [0.29, 0.717) is 48.5 Å². The first kappa shape index (κ1) is 23.7. The van der Waals surface area contributed by atoms with E-state index in [1.807, 2.05) is 47.4 Å². The monoisotopic (exact) mass is 464 g/mol. The molecule has 9 heteroatoms. The van der Waals surface area contributed by atoms with E-state index in [-0.39, 0.29) is 11.9 Å². The number of nitrogens with one attached hydrogen (secondary N) is 1. The minimum atomic E-state index is -0.127. The number of para-hydroxylation sites is 2. The van der Waals surface area contributed by atoms with E-state index < -0.39 is 0 Å². The van der Waals surface area contributed by atoms with E-state index in [4.69, 9.17) is 9.26 Å². The molecule has 1 aromatic carbocycles. The van der Waals surface area contributed by atoms with Crippen molar-refractivity contribution >= 4 is 11.7 Å². The second-order valence-electron chi connectivity index (χ2n) is 8.23. The molecule has 0 atom stereocenters. The number of anilines is 1. The van der Waals surface area contributed by atoms with Crippen molar-refractivity contribution in [3.05, 3.63) is 54.6 Å². The summed E-state index contributed by atoms with van der Waals surface area (Å²) in [5.41, 5.74) is 1.37. The maximum absolute atomic E-state index is 12.9. The van der Waals surface area contributed by atoms with Crippen LogP contribution in [0.1, 0.15) is 38.5 Å². The number of rotatable bonds is 9. The molecular formula is C25H32N6O3. The molecule has 1 N–H and O–H groups in total. The second kappa shape index (κ2) is 11.6. The summed E-state index contributed by atoms with van der Waals surface area (Å²) in [6.45, 7) is 8.90. The van der Waals surface area contributed by atoms with Gasteiger partial charge in [0.05, 0.1) is 5.69 Å². The van der Waals surface area contributed by atoms with Gasteiger partial charge in [-0.1, -0.05) is 37.2 Å². The number of carbonyl (C=O) groups is 1. The lowest BCUT2D eigenvalue weighted by Crippen LogP contribution is -2.40. The number of likely N-dealkylation sites (N-methyl/N-ethyl adjacent to an activating group) is 1. The van der Waals surface area contributed by atoms with Crippen molar-refractivity contribution in [2.24, 2.45) is 0 Å². The van der Waals surface area contributed by atoms with Crippen molar-refractivity contribution in [1.82, 2.24) is 24.9 Å². The average molecular weight is 465 g/mol. The summed E-state index contributed by atoms with van der Waals surface area (Å²) in [6, 6.07) is 13.0. The number of nitrogens with zero attached hydrogens (tertiary/aromatic N) is 5. The van der Waals surface area contributed by atoms with E-state index in [0.717, 1.165) is 32.5 Å². The van der Waals surface area contributed by atoms with Crippen LogP contribution in [0.3, 0.4) is 0 Å². The van der Waals surface area contributed by atoms with Gasteiger partial charge in [-0.05, 0) is 50.2 Å². The van der Waals surface area contributed by atoms with Crippen LogP contribution in [0.25, 0.3) is 11.5 Å². The number of aromatic nitrogens is 3. The summed E-state index contributed by atoms with van der Waals surface area (Å²) in [4.78, 5) is 25.8. The number of carbonyl (C=O) groups excluding carboxylic acids is 1. The molecule has 3 aromatic rings. The van der Waals surface area contributed by atoms with Crippen LogP contribution in [-0.2, 0) is 0 Å². The molecule has 0 radical (unpaired) electrons. The Balaban J connectivity index is 1.29. The molecule has 0 unspecified atom stereocenters. The smallest absolute Gasteiger partial charge is 0.321 e. The van der Waals surface area contributed by atoms with Crippen LogP contribution in [0.4, 0.5) is 10.5 Å². The van der Waals surface area contributed by atoms with Gasteiger partial charge in [-0.3, -0.25) is 4.98 Å². The van der Waals surface area contributed by atoms with Crippen LogP contribution in [0.5, 0.6) is 5.75 Å². The molecule has 9 nitrogen and oxygen atoms in total. The molecule has 1 saturated heterocycles. The van der Waals surface area contributed by atoms with Crippen molar-refractivity contribution in [2.45, 2.75) is 32.6 Å². The Hall–Kier alpha value is -3.46. The summed E-state index contributed by atoms with van der Waals surface area (Å²) in [5.74, 6) is 1.91. The van der Waals surface area contributed by atoms with Crippen molar-refractivity contribution in [1.29, 1.82) is 0 Å². The second-order valence-corrected chi connectivity index (χ2v) is 8.23. The molecule has 0 aliphatic carbocycles. The van der Waals surface area contributed by atoms with Gasteiger partial charge in [-0.25, -0.2) is 4.79 Å². The fourth-order valence-corrected chi connectivity index (χ4v) is 4.04. The molecule has 1 fully saturated rings. The number of benzene rings is 1. The maximum atomic E-state index is 12.9. The number of hydrogen-bond acceptors (Lipinski definition) is 7. The Bertz CT molecular complexity index is 1050. The number of pyridine rings is 1. The lowest BCUT2D eigenvalue weighted by Gasteiger charge is -2.30. The standard InChI is InChI=1S/C25H32N6O3/c1-3-30(4-2)17-18-33-22-11-6-5-9-20(22)27-25(32)31-15-12-19(13-16-31)24-28-23(29-34-24)21-10-7-8-14-26-21/h5-11,14,19H,3-4,12-13,15-18H2,1-2H3,(H,27,32). The van der Waals surface area contributed by atoms with Gasteiger partial charge in [0.1, 0.15) is 18.1 Å². The summed E-state index contributed by atoms with van der Waals surface area (Å²) in [7, 11) is 0. The normalized spacial score (nSPS) is 14.4. The Kier molecular flexibility index (Phi) is 8.08. The molecule has 0 spiro atoms. The zero-order chi connectivity index (χ0) is 23.8. The van der Waals surface area contributed by atoms with Gasteiger partial charge in [-0.2, -0.15) is 4.98 Å². The first-order valence-electron chi connectivity index (χ1n) is 11.9. The fraction of sp³-hybridized carbons (Fsp3) is 0.440. The summed E-state index contributed by atoms with van der Waals surface area (Å²) in [5, 5.41) is 7.08. The summed E-state index contributed by atoms with van der Waals surface area (Å²) < 4.78 is 11.5. The van der Waals surface area contributed by atoms with Gasteiger partial charge in [0, 0.05) is 31.7 Å². The van der Waals surface area contributed by atoms with Crippen molar-refractivity contribution in [3.8, 4) is 17.3 Å². The van der Waals surface area contributed by atoms with Crippen LogP contribution in [0.2, 0.25) is 0 Å². The Morgan fingerprint density at radius 2 is 1.91 bits per heavy atom. The predicted octanol–water partition coefficient (Wildman–Crippen LogP) is 4.26. The molecule has 1 aliphatic heterocycles. The van der Waals surface area contributed by atoms with Gasteiger partial charge in [0.2, 0.25) is 11.7 Å². The minimum absolute atomic E-state index is 0.127. The van der Waals surface area contributed by atoms with Gasteiger partial charge in [0.25, 0.3) is 0 Å². The lowest BCUT2D eigenvalue weighted by atomic mass is 9.97. The Labute approximate surface area is 200 Å². The summed E-state index contributed by atoms with van der Waals surface area (Å²) >= 11 is 0. The van der Waals surface area contributed by atoms with Gasteiger partial charge < -0.3 is 24.4 Å². The van der Waals surface area contributed by atoms with E-state index in [1.54, 1.807) is 6.20 Å². The molecule has 0 bridgehead atoms. The molecule has 3 heterocycles. The number of likely N-dealkylation sites (tertiary alicyclic amines) is 1. The summed E-state index contributed by atoms with van der Waals surface area (Å²) in [6.07, 6.45) is 3.23. The van der Waals surface area contributed by atoms with Crippen LogP contribution < -0.4 is 10.1 Å². The molecule has 4 rings (SSSR count). The first-order valence-corrected chi connectivity index (χ1v) is 11.9. The van der Waals surface area contributed by atoms with E-state index in [9.17, 15) is 4.79 Å². The molecule has 34 heavy (non-hydrogen) atoms. The Morgan fingerprint density at radius 1 is 1.15 bits per heavy atom. The number of amides is 2. The van der Waals surface area contributed by atoms with Crippen LogP contribution in [0, 0.1) is 0 Å². The minimum Gasteiger partial charge on any atom is -0.490 e. The third-order valence-corrected chi connectivity index (χ3v) is 6.16. The van der Waals surface area contributed by atoms with Gasteiger partial charge >= 0.3 is 6.03 Å². The number of ether oxygens (including phenoxy) is 1. The fourth-order valence-electron chi connectivity index (χ4n) is 4.04.